The number of rotatable bonds is 1. The first kappa shape index (κ1) is 9.13. The molecule has 0 N–H and O–H groups in total. The lowest BCUT2D eigenvalue weighted by Crippen LogP contribution is -2.11. The lowest BCUT2D eigenvalue weighted by Gasteiger charge is -2.18. The van der Waals surface area contributed by atoms with Crippen molar-refractivity contribution in [1.82, 2.24) is 4.98 Å². The minimum atomic E-state index is 0.178. The Morgan fingerprint density at radius 3 is 2.93 bits per heavy atom. The number of Topliss-reactive ketones (excluding diaryl/α,β-unsaturated/α-hetero) is 1. The third kappa shape index (κ3) is 1.37. The van der Waals surface area contributed by atoms with Crippen LogP contribution in [0.3, 0.4) is 0 Å². The van der Waals surface area contributed by atoms with Crippen molar-refractivity contribution in [2.45, 2.75) is 20.3 Å². The summed E-state index contributed by atoms with van der Waals surface area (Å²) in [6.07, 6.45) is 4.27. The zero-order chi connectivity index (χ0) is 10.1. The molecule has 0 fully saturated rings. The molecule has 2 heteroatoms. The van der Waals surface area contributed by atoms with Gasteiger partial charge in [0.15, 0.2) is 5.78 Å². The van der Waals surface area contributed by atoms with Crippen LogP contribution in [-0.2, 0) is 0 Å². The smallest absolute Gasteiger partial charge is 0.168 e. The van der Waals surface area contributed by atoms with Crippen molar-refractivity contribution < 1.29 is 4.79 Å². The Kier molecular flexibility index (Phi) is 2.20. The standard InChI is InChI=1S/C12H13NO/c1-8(2)9-5-6-11(14)10-4-3-7-13-12(9)10/h3-5,7-8H,6H2,1-2H3. The first-order valence-electron chi connectivity index (χ1n) is 4.89. The Labute approximate surface area is 83.7 Å². The van der Waals surface area contributed by atoms with Crippen LogP contribution in [0.2, 0.25) is 0 Å². The largest absolute Gasteiger partial charge is 0.294 e. The molecular weight excluding hydrogens is 174 g/mol. The van der Waals surface area contributed by atoms with Gasteiger partial charge in [0.2, 0.25) is 0 Å². The molecule has 0 aliphatic heterocycles. The highest BCUT2D eigenvalue weighted by Crippen LogP contribution is 2.29. The van der Waals surface area contributed by atoms with Gasteiger partial charge in [0.1, 0.15) is 0 Å². The Balaban J connectivity index is 2.57. The highest BCUT2D eigenvalue weighted by atomic mass is 16.1. The Morgan fingerprint density at radius 1 is 1.43 bits per heavy atom. The average Bonchev–Trinajstić information content (AvgIpc) is 2.18. The predicted octanol–water partition coefficient (Wildman–Crippen LogP) is 2.71. The van der Waals surface area contributed by atoms with Crippen molar-refractivity contribution in [3.05, 3.63) is 35.7 Å². The molecule has 14 heavy (non-hydrogen) atoms. The molecule has 0 saturated carbocycles. The van der Waals surface area contributed by atoms with E-state index >= 15 is 0 Å². The third-order valence-corrected chi connectivity index (χ3v) is 2.51. The number of fused-ring (bicyclic) bond motifs is 1. The number of ketones is 1. The number of allylic oxidation sites excluding steroid dienone is 2. The van der Waals surface area contributed by atoms with Crippen molar-refractivity contribution in [1.29, 1.82) is 0 Å². The van der Waals surface area contributed by atoms with E-state index in [2.05, 4.69) is 18.8 Å². The second-order valence-corrected chi connectivity index (χ2v) is 3.84. The summed E-state index contributed by atoms with van der Waals surface area (Å²) in [4.78, 5) is 15.9. The van der Waals surface area contributed by atoms with Gasteiger partial charge in [0.05, 0.1) is 5.69 Å². The number of carbonyl (C=O) groups excluding carboxylic acids is 1. The lowest BCUT2D eigenvalue weighted by molar-refractivity contribution is 0.0993. The van der Waals surface area contributed by atoms with Crippen LogP contribution in [0.25, 0.3) is 5.57 Å². The first-order valence-corrected chi connectivity index (χ1v) is 4.89. The fourth-order valence-electron chi connectivity index (χ4n) is 1.78. The van der Waals surface area contributed by atoms with Crippen molar-refractivity contribution in [3.63, 3.8) is 0 Å². The number of carbonyl (C=O) groups is 1. The molecule has 1 aromatic heterocycles. The van der Waals surface area contributed by atoms with Gasteiger partial charge in [-0.05, 0) is 23.6 Å². The molecule has 0 bridgehead atoms. The molecule has 0 aromatic carbocycles. The van der Waals surface area contributed by atoms with E-state index in [1.807, 2.05) is 18.2 Å². The maximum absolute atomic E-state index is 11.6. The van der Waals surface area contributed by atoms with Gasteiger partial charge in [-0.3, -0.25) is 9.78 Å². The molecular formula is C12H13NO. The van der Waals surface area contributed by atoms with E-state index < -0.39 is 0 Å². The molecule has 1 heterocycles. The summed E-state index contributed by atoms with van der Waals surface area (Å²) in [6, 6.07) is 3.68. The van der Waals surface area contributed by atoms with E-state index in [1.165, 1.54) is 5.57 Å². The molecule has 0 saturated heterocycles. The lowest BCUT2D eigenvalue weighted by atomic mass is 9.88. The topological polar surface area (TPSA) is 30.0 Å². The summed E-state index contributed by atoms with van der Waals surface area (Å²) < 4.78 is 0. The van der Waals surface area contributed by atoms with Crippen LogP contribution in [0, 0.1) is 5.92 Å². The van der Waals surface area contributed by atoms with Crippen molar-refractivity contribution in [3.8, 4) is 0 Å². The zero-order valence-corrected chi connectivity index (χ0v) is 8.45. The maximum atomic E-state index is 11.6. The average molecular weight is 187 g/mol. The van der Waals surface area contributed by atoms with Crippen LogP contribution in [0.1, 0.15) is 36.3 Å². The number of hydrogen-bond acceptors (Lipinski definition) is 2. The van der Waals surface area contributed by atoms with E-state index in [-0.39, 0.29) is 5.78 Å². The van der Waals surface area contributed by atoms with Crippen molar-refractivity contribution >= 4 is 11.4 Å². The van der Waals surface area contributed by atoms with Crippen LogP contribution < -0.4 is 0 Å². The Morgan fingerprint density at radius 2 is 2.21 bits per heavy atom. The van der Waals surface area contributed by atoms with E-state index in [0.29, 0.717) is 12.3 Å². The van der Waals surface area contributed by atoms with Crippen LogP contribution in [-0.4, -0.2) is 10.8 Å². The number of aromatic nitrogens is 1. The summed E-state index contributed by atoms with van der Waals surface area (Å²) in [5.74, 6) is 0.606. The van der Waals surface area contributed by atoms with Gasteiger partial charge >= 0.3 is 0 Å². The zero-order valence-electron chi connectivity index (χ0n) is 8.45. The predicted molar refractivity (Wildman–Crippen MR) is 56.0 cm³/mol. The molecule has 0 atom stereocenters. The van der Waals surface area contributed by atoms with Gasteiger partial charge in [0.25, 0.3) is 0 Å². The normalized spacial score (nSPS) is 15.4. The molecule has 72 valence electrons. The highest BCUT2D eigenvalue weighted by molar-refractivity contribution is 6.04. The monoisotopic (exact) mass is 187 g/mol. The van der Waals surface area contributed by atoms with Crippen molar-refractivity contribution in [2.24, 2.45) is 5.92 Å². The van der Waals surface area contributed by atoms with E-state index in [0.717, 1.165) is 11.3 Å². The van der Waals surface area contributed by atoms with Gasteiger partial charge in [-0.2, -0.15) is 0 Å². The summed E-state index contributed by atoms with van der Waals surface area (Å²) in [5, 5.41) is 0. The molecule has 1 aliphatic rings. The van der Waals surface area contributed by atoms with Gasteiger partial charge < -0.3 is 0 Å². The van der Waals surface area contributed by atoms with Gasteiger partial charge in [-0.15, -0.1) is 0 Å². The van der Waals surface area contributed by atoms with E-state index in [9.17, 15) is 4.79 Å². The molecule has 2 rings (SSSR count). The quantitative estimate of drug-likeness (QED) is 0.676. The van der Waals surface area contributed by atoms with E-state index in [4.69, 9.17) is 0 Å². The van der Waals surface area contributed by atoms with Gasteiger partial charge in [0, 0.05) is 18.2 Å². The second-order valence-electron chi connectivity index (χ2n) is 3.84. The fourth-order valence-corrected chi connectivity index (χ4v) is 1.78. The van der Waals surface area contributed by atoms with Crippen molar-refractivity contribution in [2.75, 3.05) is 0 Å². The Bertz CT molecular complexity index is 405. The highest BCUT2D eigenvalue weighted by Gasteiger charge is 2.21. The number of nitrogens with zero attached hydrogens (tertiary/aromatic N) is 1. The molecule has 1 aliphatic carbocycles. The second kappa shape index (κ2) is 3.37. The molecule has 2 nitrogen and oxygen atoms in total. The minimum Gasteiger partial charge on any atom is -0.294 e. The molecule has 1 aromatic rings. The van der Waals surface area contributed by atoms with Crippen LogP contribution in [0.4, 0.5) is 0 Å². The third-order valence-electron chi connectivity index (χ3n) is 2.51. The Hall–Kier alpha value is -1.44. The van der Waals surface area contributed by atoms with Crippen LogP contribution in [0.5, 0.6) is 0 Å². The van der Waals surface area contributed by atoms with Crippen LogP contribution >= 0.6 is 0 Å². The van der Waals surface area contributed by atoms with Crippen LogP contribution in [0.15, 0.2) is 24.4 Å². The summed E-state index contributed by atoms with van der Waals surface area (Å²) in [7, 11) is 0. The molecule has 0 spiro atoms. The molecule has 0 amide bonds. The maximum Gasteiger partial charge on any atom is 0.168 e. The fraction of sp³-hybridized carbons (Fsp3) is 0.333. The summed E-state index contributed by atoms with van der Waals surface area (Å²) in [5.41, 5.74) is 2.85. The minimum absolute atomic E-state index is 0.178. The van der Waals surface area contributed by atoms with Gasteiger partial charge in [-0.1, -0.05) is 19.9 Å². The number of hydrogen-bond donors (Lipinski definition) is 0. The summed E-state index contributed by atoms with van der Waals surface area (Å²) >= 11 is 0. The van der Waals surface area contributed by atoms with Gasteiger partial charge in [-0.25, -0.2) is 0 Å². The molecule has 0 unspecified atom stereocenters. The number of pyridine rings is 1. The summed E-state index contributed by atoms with van der Waals surface area (Å²) in [6.45, 7) is 4.25. The molecule has 0 radical (unpaired) electrons. The first-order chi connectivity index (χ1) is 6.70. The van der Waals surface area contributed by atoms with E-state index in [1.54, 1.807) is 6.20 Å². The SMILES string of the molecule is CC(C)C1=CCC(=O)c2cccnc21.